The zero-order valence-electron chi connectivity index (χ0n) is 11.9. The van der Waals surface area contributed by atoms with Crippen LogP contribution in [0.25, 0.3) is 0 Å². The standard InChI is InChI=1S/C16H26N2/c1-12-5-4-6-15(9-12)18(3)16-8-7-14(11-17)10-13(16)2/h7-8,10,12,15H,4-6,9,11,17H2,1-3H3. The summed E-state index contributed by atoms with van der Waals surface area (Å²) < 4.78 is 0. The molecule has 2 N–H and O–H groups in total. The van der Waals surface area contributed by atoms with Crippen LogP contribution in [0.4, 0.5) is 5.69 Å². The maximum absolute atomic E-state index is 5.69. The summed E-state index contributed by atoms with van der Waals surface area (Å²) in [5.74, 6) is 0.870. The molecule has 1 aromatic carbocycles. The Morgan fingerprint density at radius 1 is 1.33 bits per heavy atom. The quantitative estimate of drug-likeness (QED) is 0.885. The van der Waals surface area contributed by atoms with Gasteiger partial charge in [-0.05, 0) is 42.9 Å². The third-order valence-corrected chi connectivity index (χ3v) is 4.33. The lowest BCUT2D eigenvalue weighted by Crippen LogP contribution is -2.35. The molecular formula is C16H26N2. The molecular weight excluding hydrogens is 220 g/mol. The number of nitrogens with zero attached hydrogens (tertiary/aromatic N) is 1. The highest BCUT2D eigenvalue weighted by molar-refractivity contribution is 5.54. The first-order chi connectivity index (χ1) is 8.61. The van der Waals surface area contributed by atoms with Crippen LogP contribution in [-0.2, 0) is 6.54 Å². The first-order valence-electron chi connectivity index (χ1n) is 7.14. The average Bonchev–Trinajstić information content (AvgIpc) is 2.37. The van der Waals surface area contributed by atoms with Gasteiger partial charge in [0.15, 0.2) is 0 Å². The van der Waals surface area contributed by atoms with E-state index in [4.69, 9.17) is 5.73 Å². The molecule has 0 bridgehead atoms. The fourth-order valence-electron chi connectivity index (χ4n) is 3.19. The van der Waals surface area contributed by atoms with Gasteiger partial charge >= 0.3 is 0 Å². The monoisotopic (exact) mass is 246 g/mol. The highest BCUT2D eigenvalue weighted by atomic mass is 15.1. The molecule has 1 aromatic rings. The molecule has 0 amide bonds. The van der Waals surface area contributed by atoms with Gasteiger partial charge in [-0.2, -0.15) is 0 Å². The molecule has 2 heteroatoms. The minimum atomic E-state index is 0.630. The molecule has 2 atom stereocenters. The molecule has 1 fully saturated rings. The highest BCUT2D eigenvalue weighted by Gasteiger charge is 2.23. The predicted octanol–water partition coefficient (Wildman–Crippen LogP) is 3.47. The van der Waals surface area contributed by atoms with Crippen molar-refractivity contribution in [2.45, 2.75) is 52.1 Å². The topological polar surface area (TPSA) is 29.3 Å². The summed E-state index contributed by atoms with van der Waals surface area (Å²) in [7, 11) is 2.24. The number of nitrogens with two attached hydrogens (primary N) is 1. The zero-order valence-corrected chi connectivity index (χ0v) is 11.9. The van der Waals surface area contributed by atoms with Gasteiger partial charge < -0.3 is 10.6 Å². The number of benzene rings is 1. The molecule has 1 aliphatic rings. The Hall–Kier alpha value is -1.02. The van der Waals surface area contributed by atoms with E-state index >= 15 is 0 Å². The first-order valence-corrected chi connectivity index (χ1v) is 7.14. The summed E-state index contributed by atoms with van der Waals surface area (Å²) in [4.78, 5) is 2.48. The lowest BCUT2D eigenvalue weighted by Gasteiger charge is -2.36. The normalized spacial score (nSPS) is 24.0. The molecule has 0 spiro atoms. The van der Waals surface area contributed by atoms with E-state index in [1.54, 1.807) is 0 Å². The van der Waals surface area contributed by atoms with Crippen LogP contribution in [0.3, 0.4) is 0 Å². The van der Waals surface area contributed by atoms with E-state index in [2.05, 4.69) is 44.0 Å². The van der Waals surface area contributed by atoms with Crippen LogP contribution >= 0.6 is 0 Å². The first kappa shape index (κ1) is 13.4. The van der Waals surface area contributed by atoms with Crippen molar-refractivity contribution in [2.75, 3.05) is 11.9 Å². The van der Waals surface area contributed by atoms with Gasteiger partial charge in [0, 0.05) is 25.3 Å². The summed E-state index contributed by atoms with van der Waals surface area (Å²) in [5, 5.41) is 0. The lowest BCUT2D eigenvalue weighted by atomic mass is 9.86. The van der Waals surface area contributed by atoms with Gasteiger partial charge in [-0.3, -0.25) is 0 Å². The Kier molecular flexibility index (Phi) is 4.28. The van der Waals surface area contributed by atoms with Crippen LogP contribution in [-0.4, -0.2) is 13.1 Å². The van der Waals surface area contributed by atoms with E-state index in [0.717, 1.165) is 5.92 Å². The third-order valence-electron chi connectivity index (χ3n) is 4.33. The minimum absolute atomic E-state index is 0.630. The largest absolute Gasteiger partial charge is 0.371 e. The van der Waals surface area contributed by atoms with Crippen molar-refractivity contribution in [3.05, 3.63) is 29.3 Å². The van der Waals surface area contributed by atoms with Gasteiger partial charge in [-0.15, -0.1) is 0 Å². The van der Waals surface area contributed by atoms with E-state index in [1.165, 1.54) is 42.5 Å². The van der Waals surface area contributed by atoms with Crippen LogP contribution < -0.4 is 10.6 Å². The number of rotatable bonds is 3. The maximum Gasteiger partial charge on any atom is 0.0396 e. The number of hydrogen-bond donors (Lipinski definition) is 1. The zero-order chi connectivity index (χ0) is 13.1. The van der Waals surface area contributed by atoms with E-state index in [0.29, 0.717) is 12.6 Å². The van der Waals surface area contributed by atoms with Gasteiger partial charge in [0.1, 0.15) is 0 Å². The summed E-state index contributed by atoms with van der Waals surface area (Å²) in [6.45, 7) is 5.20. The molecule has 2 unspecified atom stereocenters. The van der Waals surface area contributed by atoms with Crippen molar-refractivity contribution < 1.29 is 0 Å². The van der Waals surface area contributed by atoms with E-state index < -0.39 is 0 Å². The Morgan fingerprint density at radius 3 is 2.72 bits per heavy atom. The molecule has 1 aliphatic carbocycles. The number of aryl methyl sites for hydroxylation is 1. The molecule has 18 heavy (non-hydrogen) atoms. The minimum Gasteiger partial charge on any atom is -0.371 e. The average molecular weight is 246 g/mol. The van der Waals surface area contributed by atoms with E-state index in [1.807, 2.05) is 0 Å². The fourth-order valence-corrected chi connectivity index (χ4v) is 3.19. The number of anilines is 1. The summed E-state index contributed by atoms with van der Waals surface area (Å²) in [5.41, 5.74) is 9.63. The molecule has 0 aliphatic heterocycles. The predicted molar refractivity (Wildman–Crippen MR) is 78.9 cm³/mol. The van der Waals surface area contributed by atoms with Gasteiger partial charge in [0.25, 0.3) is 0 Å². The second-order valence-electron chi connectivity index (χ2n) is 5.86. The number of hydrogen-bond acceptors (Lipinski definition) is 2. The fraction of sp³-hybridized carbons (Fsp3) is 0.625. The summed E-state index contributed by atoms with van der Waals surface area (Å²) in [6, 6.07) is 7.32. The van der Waals surface area contributed by atoms with Crippen molar-refractivity contribution in [1.29, 1.82) is 0 Å². The second-order valence-corrected chi connectivity index (χ2v) is 5.86. The second kappa shape index (κ2) is 5.75. The molecule has 1 saturated carbocycles. The molecule has 2 nitrogen and oxygen atoms in total. The molecule has 0 radical (unpaired) electrons. The Balaban J connectivity index is 2.15. The van der Waals surface area contributed by atoms with Crippen molar-refractivity contribution in [3.63, 3.8) is 0 Å². The van der Waals surface area contributed by atoms with Crippen molar-refractivity contribution in [2.24, 2.45) is 11.7 Å². The van der Waals surface area contributed by atoms with Gasteiger partial charge in [0.2, 0.25) is 0 Å². The maximum atomic E-state index is 5.69. The lowest BCUT2D eigenvalue weighted by molar-refractivity contribution is 0.336. The van der Waals surface area contributed by atoms with E-state index in [-0.39, 0.29) is 0 Å². The van der Waals surface area contributed by atoms with Crippen LogP contribution in [0.1, 0.15) is 43.7 Å². The molecule has 0 saturated heterocycles. The Labute approximate surface area is 111 Å². The van der Waals surface area contributed by atoms with Crippen LogP contribution in [0.2, 0.25) is 0 Å². The summed E-state index contributed by atoms with van der Waals surface area (Å²) in [6.07, 6.45) is 5.43. The molecule has 2 rings (SSSR count). The third kappa shape index (κ3) is 2.86. The summed E-state index contributed by atoms with van der Waals surface area (Å²) >= 11 is 0. The molecule has 0 heterocycles. The molecule has 0 aromatic heterocycles. The Bertz CT molecular complexity index is 400. The molecule has 100 valence electrons. The van der Waals surface area contributed by atoms with Crippen molar-refractivity contribution in [3.8, 4) is 0 Å². The van der Waals surface area contributed by atoms with E-state index in [9.17, 15) is 0 Å². The van der Waals surface area contributed by atoms with Crippen LogP contribution in [0.5, 0.6) is 0 Å². The smallest absolute Gasteiger partial charge is 0.0396 e. The van der Waals surface area contributed by atoms with Crippen LogP contribution in [0.15, 0.2) is 18.2 Å². The van der Waals surface area contributed by atoms with Gasteiger partial charge in [-0.1, -0.05) is 31.9 Å². The Morgan fingerprint density at radius 2 is 2.11 bits per heavy atom. The SMILES string of the molecule is Cc1cc(CN)ccc1N(C)C1CCCC(C)C1. The van der Waals surface area contributed by atoms with Gasteiger partial charge in [0.05, 0.1) is 0 Å². The van der Waals surface area contributed by atoms with Crippen LogP contribution in [0, 0.1) is 12.8 Å². The highest BCUT2D eigenvalue weighted by Crippen LogP contribution is 2.31. The van der Waals surface area contributed by atoms with Gasteiger partial charge in [-0.25, -0.2) is 0 Å². The van der Waals surface area contributed by atoms with Crippen molar-refractivity contribution in [1.82, 2.24) is 0 Å². The van der Waals surface area contributed by atoms with Crippen molar-refractivity contribution >= 4 is 5.69 Å².